The minimum Gasteiger partial charge on any atom is -0.336 e. The Bertz CT molecular complexity index is 882. The van der Waals surface area contributed by atoms with Crippen molar-refractivity contribution >= 4 is 17.0 Å². The van der Waals surface area contributed by atoms with Crippen LogP contribution >= 0.6 is 0 Å². The first-order valence-electron chi connectivity index (χ1n) is 7.65. The number of pyridine rings is 1. The molecule has 0 unspecified atom stereocenters. The number of fused-ring (bicyclic) bond motifs is 1. The molecule has 1 amide bonds. The van der Waals surface area contributed by atoms with Crippen LogP contribution in [-0.2, 0) is 7.05 Å². The average Bonchev–Trinajstić information content (AvgIpc) is 3.26. The van der Waals surface area contributed by atoms with Gasteiger partial charge in [-0.15, -0.1) is 0 Å². The number of hydrogen-bond acceptors (Lipinski definition) is 5. The highest BCUT2D eigenvalue weighted by Gasteiger charge is 2.31. The largest absolute Gasteiger partial charge is 0.336 e. The second kappa shape index (κ2) is 5.19. The van der Waals surface area contributed by atoms with Gasteiger partial charge in [-0.25, -0.2) is 4.98 Å². The van der Waals surface area contributed by atoms with E-state index in [4.69, 9.17) is 4.52 Å². The van der Waals surface area contributed by atoms with Crippen molar-refractivity contribution in [2.45, 2.75) is 25.8 Å². The number of carbonyl (C=O) groups is 1. The lowest BCUT2D eigenvalue weighted by molar-refractivity contribution is 0.0735. The third kappa shape index (κ3) is 2.28. The Balaban J connectivity index is 1.67. The molecular formula is C16H17N5O2. The first-order valence-corrected chi connectivity index (χ1v) is 7.65. The molecule has 1 fully saturated rings. The summed E-state index contributed by atoms with van der Waals surface area (Å²) in [6.07, 6.45) is 7.32. The van der Waals surface area contributed by atoms with Crippen LogP contribution < -0.4 is 0 Å². The standard InChI is InChI=1S/C16H17N5O2/c1-10-13-6-11(7-17-15(13)23-19-10)16(22)21-5-3-4-14(21)12-8-18-20(2)9-12/h6-9,14H,3-5H2,1-2H3/t14-/m1/s1. The molecule has 118 valence electrons. The Kier molecular flexibility index (Phi) is 3.14. The molecular weight excluding hydrogens is 294 g/mol. The number of hydrogen-bond donors (Lipinski definition) is 0. The number of aryl methyl sites for hydroxylation is 2. The minimum atomic E-state index is -0.00801. The van der Waals surface area contributed by atoms with Crippen LogP contribution in [-0.4, -0.2) is 37.3 Å². The molecule has 0 radical (unpaired) electrons. The van der Waals surface area contributed by atoms with Gasteiger partial charge < -0.3 is 9.42 Å². The molecule has 1 atom stereocenters. The quantitative estimate of drug-likeness (QED) is 0.725. The zero-order valence-corrected chi connectivity index (χ0v) is 13.1. The fraction of sp³-hybridized carbons (Fsp3) is 0.375. The van der Waals surface area contributed by atoms with Gasteiger partial charge in [-0.2, -0.15) is 5.10 Å². The highest BCUT2D eigenvalue weighted by molar-refractivity contribution is 5.97. The van der Waals surface area contributed by atoms with E-state index in [1.54, 1.807) is 10.9 Å². The number of nitrogens with zero attached hydrogens (tertiary/aromatic N) is 5. The van der Waals surface area contributed by atoms with E-state index in [1.165, 1.54) is 0 Å². The summed E-state index contributed by atoms with van der Waals surface area (Å²) < 4.78 is 6.87. The Morgan fingerprint density at radius 2 is 2.26 bits per heavy atom. The molecule has 1 aliphatic heterocycles. The number of likely N-dealkylation sites (tertiary alicyclic amines) is 1. The zero-order valence-electron chi connectivity index (χ0n) is 13.1. The molecule has 0 bridgehead atoms. The Morgan fingerprint density at radius 1 is 1.39 bits per heavy atom. The minimum absolute atomic E-state index is 0.00801. The molecule has 7 nitrogen and oxygen atoms in total. The topological polar surface area (TPSA) is 77.1 Å². The lowest BCUT2D eigenvalue weighted by Gasteiger charge is -2.23. The third-order valence-electron chi connectivity index (χ3n) is 4.38. The van der Waals surface area contributed by atoms with E-state index < -0.39 is 0 Å². The van der Waals surface area contributed by atoms with E-state index in [1.807, 2.05) is 37.3 Å². The molecule has 3 aromatic heterocycles. The maximum Gasteiger partial charge on any atom is 0.257 e. The lowest BCUT2D eigenvalue weighted by atomic mass is 10.1. The number of amides is 1. The van der Waals surface area contributed by atoms with Crippen molar-refractivity contribution in [3.05, 3.63) is 41.5 Å². The molecule has 0 spiro atoms. The molecule has 0 saturated carbocycles. The Hall–Kier alpha value is -2.70. The van der Waals surface area contributed by atoms with Crippen LogP contribution in [0.2, 0.25) is 0 Å². The van der Waals surface area contributed by atoms with E-state index in [-0.39, 0.29) is 11.9 Å². The molecule has 23 heavy (non-hydrogen) atoms. The van der Waals surface area contributed by atoms with Crippen molar-refractivity contribution in [2.24, 2.45) is 7.05 Å². The summed E-state index contributed by atoms with van der Waals surface area (Å²) in [6.45, 7) is 2.59. The first kappa shape index (κ1) is 13.9. The van der Waals surface area contributed by atoms with Crippen LogP contribution in [0.4, 0.5) is 0 Å². The lowest BCUT2D eigenvalue weighted by Crippen LogP contribution is -2.30. The molecule has 1 saturated heterocycles. The first-order chi connectivity index (χ1) is 11.1. The predicted octanol–water partition coefficient (Wildman–Crippen LogP) is 2.24. The monoisotopic (exact) mass is 311 g/mol. The molecule has 4 rings (SSSR count). The van der Waals surface area contributed by atoms with Gasteiger partial charge in [0.2, 0.25) is 0 Å². The normalized spacial score (nSPS) is 18.0. The van der Waals surface area contributed by atoms with Gasteiger partial charge in [0.15, 0.2) is 0 Å². The summed E-state index contributed by atoms with van der Waals surface area (Å²) in [5.41, 5.74) is 2.85. The van der Waals surface area contributed by atoms with Gasteiger partial charge in [0.05, 0.1) is 28.9 Å². The fourth-order valence-corrected chi connectivity index (χ4v) is 3.20. The van der Waals surface area contributed by atoms with Gasteiger partial charge in [-0.3, -0.25) is 9.48 Å². The second-order valence-corrected chi connectivity index (χ2v) is 5.95. The summed E-state index contributed by atoms with van der Waals surface area (Å²) in [7, 11) is 1.89. The fourth-order valence-electron chi connectivity index (χ4n) is 3.20. The molecule has 7 heteroatoms. The Labute approximate surface area is 132 Å². The Morgan fingerprint density at radius 3 is 3.04 bits per heavy atom. The van der Waals surface area contributed by atoms with Gasteiger partial charge >= 0.3 is 0 Å². The number of rotatable bonds is 2. The van der Waals surface area contributed by atoms with Gasteiger partial charge in [0, 0.05) is 31.5 Å². The van der Waals surface area contributed by atoms with Crippen LogP contribution in [0.25, 0.3) is 11.1 Å². The summed E-state index contributed by atoms with van der Waals surface area (Å²) >= 11 is 0. The number of carbonyl (C=O) groups excluding carboxylic acids is 1. The summed E-state index contributed by atoms with van der Waals surface area (Å²) in [4.78, 5) is 19.0. The smallest absolute Gasteiger partial charge is 0.257 e. The van der Waals surface area contributed by atoms with Crippen molar-refractivity contribution in [3.63, 3.8) is 0 Å². The van der Waals surface area contributed by atoms with E-state index in [2.05, 4.69) is 15.2 Å². The van der Waals surface area contributed by atoms with E-state index in [0.29, 0.717) is 11.3 Å². The van der Waals surface area contributed by atoms with E-state index in [0.717, 1.165) is 36.0 Å². The van der Waals surface area contributed by atoms with Crippen molar-refractivity contribution in [3.8, 4) is 0 Å². The third-order valence-corrected chi connectivity index (χ3v) is 4.38. The van der Waals surface area contributed by atoms with E-state index >= 15 is 0 Å². The maximum atomic E-state index is 12.9. The zero-order chi connectivity index (χ0) is 16.0. The van der Waals surface area contributed by atoms with Gasteiger partial charge in [0.1, 0.15) is 0 Å². The van der Waals surface area contributed by atoms with Crippen LogP contribution in [0.3, 0.4) is 0 Å². The molecule has 1 aliphatic rings. The van der Waals surface area contributed by atoms with Crippen LogP contribution in [0.1, 0.15) is 40.5 Å². The predicted molar refractivity (Wildman–Crippen MR) is 82.8 cm³/mol. The van der Waals surface area contributed by atoms with Crippen molar-refractivity contribution in [1.82, 2.24) is 24.8 Å². The molecule has 0 N–H and O–H groups in total. The molecule has 0 aliphatic carbocycles. The molecule has 4 heterocycles. The van der Waals surface area contributed by atoms with Crippen LogP contribution in [0, 0.1) is 6.92 Å². The van der Waals surface area contributed by atoms with Crippen molar-refractivity contribution in [2.75, 3.05) is 6.54 Å². The summed E-state index contributed by atoms with van der Waals surface area (Å²) in [5.74, 6) is -0.00801. The SMILES string of the molecule is Cc1noc2ncc(C(=O)N3CCC[C@@H]3c3cnn(C)c3)cc12. The molecule has 3 aromatic rings. The molecule has 0 aromatic carbocycles. The average molecular weight is 311 g/mol. The van der Waals surface area contributed by atoms with Crippen molar-refractivity contribution in [1.29, 1.82) is 0 Å². The van der Waals surface area contributed by atoms with Crippen molar-refractivity contribution < 1.29 is 9.32 Å². The summed E-state index contributed by atoms with van der Waals surface area (Å²) in [6, 6.07) is 1.89. The van der Waals surface area contributed by atoms with Gasteiger partial charge in [-0.1, -0.05) is 5.16 Å². The van der Waals surface area contributed by atoms with Gasteiger partial charge in [0.25, 0.3) is 11.6 Å². The maximum absolute atomic E-state index is 12.9. The highest BCUT2D eigenvalue weighted by Crippen LogP contribution is 2.33. The number of aromatic nitrogens is 4. The van der Waals surface area contributed by atoms with Crippen LogP contribution in [0.5, 0.6) is 0 Å². The van der Waals surface area contributed by atoms with Crippen LogP contribution in [0.15, 0.2) is 29.2 Å². The highest BCUT2D eigenvalue weighted by atomic mass is 16.5. The van der Waals surface area contributed by atoms with E-state index in [9.17, 15) is 4.79 Å². The second-order valence-electron chi connectivity index (χ2n) is 5.95. The summed E-state index contributed by atoms with van der Waals surface area (Å²) in [5, 5.41) is 8.89. The van der Waals surface area contributed by atoms with Gasteiger partial charge in [-0.05, 0) is 25.8 Å².